The minimum absolute atomic E-state index is 0.0753. The fraction of sp³-hybridized carbons (Fsp3) is 1.00. The quantitative estimate of drug-likeness (QED) is 0.769. The van der Waals surface area contributed by atoms with Crippen molar-refractivity contribution in [2.24, 2.45) is 0 Å². The van der Waals surface area contributed by atoms with E-state index in [4.69, 9.17) is 4.74 Å². The molecule has 0 amide bonds. The standard InChI is InChI=1S/C12H23NO2/c1-2-15-10-6-8-13(9-7-10)11-4-3-5-12(11)14/h10-12,14H,2-9H2,1H3/t11-,12-/m0/s1. The van der Waals surface area contributed by atoms with Gasteiger partial charge in [-0.1, -0.05) is 0 Å². The largest absolute Gasteiger partial charge is 0.391 e. The van der Waals surface area contributed by atoms with Crippen LogP contribution in [-0.2, 0) is 4.74 Å². The molecule has 2 rings (SSSR count). The van der Waals surface area contributed by atoms with Gasteiger partial charge in [0, 0.05) is 25.7 Å². The molecule has 0 aromatic carbocycles. The summed E-state index contributed by atoms with van der Waals surface area (Å²) in [6.07, 6.45) is 6.03. The fourth-order valence-corrected chi connectivity index (χ4v) is 2.96. The van der Waals surface area contributed by atoms with Crippen molar-refractivity contribution in [1.29, 1.82) is 0 Å². The average Bonchev–Trinajstić information content (AvgIpc) is 2.66. The lowest BCUT2D eigenvalue weighted by Gasteiger charge is -2.37. The van der Waals surface area contributed by atoms with E-state index in [0.717, 1.165) is 39.0 Å². The highest BCUT2D eigenvalue weighted by Gasteiger charge is 2.32. The van der Waals surface area contributed by atoms with Crippen LogP contribution in [0.15, 0.2) is 0 Å². The summed E-state index contributed by atoms with van der Waals surface area (Å²) >= 11 is 0. The van der Waals surface area contributed by atoms with E-state index in [-0.39, 0.29) is 6.10 Å². The zero-order valence-corrected chi connectivity index (χ0v) is 9.69. The van der Waals surface area contributed by atoms with Gasteiger partial charge in [-0.15, -0.1) is 0 Å². The summed E-state index contributed by atoms with van der Waals surface area (Å²) in [5.74, 6) is 0. The Morgan fingerprint density at radius 3 is 2.47 bits per heavy atom. The molecule has 1 aliphatic carbocycles. The molecule has 0 radical (unpaired) electrons. The lowest BCUT2D eigenvalue weighted by atomic mass is 10.0. The number of piperidine rings is 1. The van der Waals surface area contributed by atoms with Gasteiger partial charge in [-0.05, 0) is 39.0 Å². The second-order valence-electron chi connectivity index (χ2n) is 4.76. The van der Waals surface area contributed by atoms with Crippen molar-refractivity contribution in [3.63, 3.8) is 0 Å². The topological polar surface area (TPSA) is 32.7 Å². The van der Waals surface area contributed by atoms with Crippen molar-refractivity contribution >= 4 is 0 Å². The molecular weight excluding hydrogens is 190 g/mol. The predicted molar refractivity (Wildman–Crippen MR) is 59.9 cm³/mol. The van der Waals surface area contributed by atoms with Crippen LogP contribution >= 0.6 is 0 Å². The number of likely N-dealkylation sites (tertiary alicyclic amines) is 1. The minimum atomic E-state index is -0.0753. The highest BCUT2D eigenvalue weighted by Crippen LogP contribution is 2.27. The van der Waals surface area contributed by atoms with Crippen LogP contribution in [0.4, 0.5) is 0 Å². The lowest BCUT2D eigenvalue weighted by Crippen LogP contribution is -2.46. The number of hydrogen-bond donors (Lipinski definition) is 1. The van der Waals surface area contributed by atoms with Gasteiger partial charge >= 0.3 is 0 Å². The van der Waals surface area contributed by atoms with Gasteiger partial charge in [0.2, 0.25) is 0 Å². The highest BCUT2D eigenvalue weighted by molar-refractivity contribution is 4.87. The summed E-state index contributed by atoms with van der Waals surface area (Å²) < 4.78 is 5.63. The van der Waals surface area contributed by atoms with E-state index in [0.29, 0.717) is 12.1 Å². The van der Waals surface area contributed by atoms with Crippen LogP contribution in [0.5, 0.6) is 0 Å². The van der Waals surface area contributed by atoms with Crippen LogP contribution in [0, 0.1) is 0 Å². The Morgan fingerprint density at radius 1 is 1.20 bits per heavy atom. The minimum Gasteiger partial charge on any atom is -0.391 e. The smallest absolute Gasteiger partial charge is 0.0695 e. The first-order chi connectivity index (χ1) is 7.31. The molecule has 15 heavy (non-hydrogen) atoms. The molecule has 2 aliphatic rings. The van der Waals surface area contributed by atoms with Crippen LogP contribution in [0.3, 0.4) is 0 Å². The molecule has 0 bridgehead atoms. The van der Waals surface area contributed by atoms with Gasteiger partial charge in [0.25, 0.3) is 0 Å². The molecule has 88 valence electrons. The second-order valence-corrected chi connectivity index (χ2v) is 4.76. The molecule has 0 aromatic rings. The first-order valence-corrected chi connectivity index (χ1v) is 6.35. The monoisotopic (exact) mass is 213 g/mol. The molecule has 0 unspecified atom stereocenters. The average molecular weight is 213 g/mol. The molecule has 2 fully saturated rings. The third-order valence-corrected chi connectivity index (χ3v) is 3.79. The summed E-state index contributed by atoms with van der Waals surface area (Å²) in [6.45, 7) is 5.10. The Bertz CT molecular complexity index is 190. The number of nitrogens with zero attached hydrogens (tertiary/aromatic N) is 1. The molecular formula is C12H23NO2. The predicted octanol–water partition coefficient (Wildman–Crippen LogP) is 1.40. The molecule has 3 nitrogen and oxygen atoms in total. The normalized spacial score (nSPS) is 34.8. The van der Waals surface area contributed by atoms with E-state index < -0.39 is 0 Å². The van der Waals surface area contributed by atoms with Crippen LogP contribution < -0.4 is 0 Å². The molecule has 1 saturated carbocycles. The number of ether oxygens (including phenoxy) is 1. The molecule has 1 aliphatic heterocycles. The molecule has 3 heteroatoms. The van der Waals surface area contributed by atoms with Crippen molar-refractivity contribution in [2.75, 3.05) is 19.7 Å². The Balaban J connectivity index is 1.77. The maximum absolute atomic E-state index is 9.84. The van der Waals surface area contributed by atoms with E-state index >= 15 is 0 Å². The first-order valence-electron chi connectivity index (χ1n) is 6.35. The van der Waals surface area contributed by atoms with E-state index in [1.54, 1.807) is 0 Å². The summed E-state index contributed by atoms with van der Waals surface area (Å²) in [5.41, 5.74) is 0. The van der Waals surface area contributed by atoms with Gasteiger partial charge in [0.1, 0.15) is 0 Å². The van der Waals surface area contributed by atoms with Crippen LogP contribution in [-0.4, -0.2) is 48.0 Å². The highest BCUT2D eigenvalue weighted by atomic mass is 16.5. The Labute approximate surface area is 92.4 Å². The molecule has 1 N–H and O–H groups in total. The maximum atomic E-state index is 9.84. The van der Waals surface area contributed by atoms with Gasteiger partial charge in [0.05, 0.1) is 12.2 Å². The fourth-order valence-electron chi connectivity index (χ4n) is 2.96. The summed E-state index contributed by atoms with van der Waals surface area (Å²) in [7, 11) is 0. The van der Waals surface area contributed by atoms with E-state index in [9.17, 15) is 5.11 Å². The molecule has 1 heterocycles. The third-order valence-electron chi connectivity index (χ3n) is 3.79. The van der Waals surface area contributed by atoms with Gasteiger partial charge in [-0.2, -0.15) is 0 Å². The van der Waals surface area contributed by atoms with Crippen molar-refractivity contribution in [3.05, 3.63) is 0 Å². The van der Waals surface area contributed by atoms with Crippen LogP contribution in [0.2, 0.25) is 0 Å². The lowest BCUT2D eigenvalue weighted by molar-refractivity contribution is -0.0126. The number of aliphatic hydroxyl groups is 1. The first kappa shape index (κ1) is 11.4. The SMILES string of the molecule is CCOC1CCN([C@H]2CCC[C@@H]2O)CC1. The van der Waals surface area contributed by atoms with Gasteiger partial charge in [-0.25, -0.2) is 0 Å². The summed E-state index contributed by atoms with van der Waals surface area (Å²) in [5, 5.41) is 9.84. The van der Waals surface area contributed by atoms with E-state index in [2.05, 4.69) is 11.8 Å². The van der Waals surface area contributed by atoms with Crippen LogP contribution in [0.25, 0.3) is 0 Å². The Kier molecular flexibility index (Phi) is 4.00. The number of hydrogen-bond acceptors (Lipinski definition) is 3. The van der Waals surface area contributed by atoms with Crippen molar-refractivity contribution < 1.29 is 9.84 Å². The maximum Gasteiger partial charge on any atom is 0.0695 e. The summed E-state index contributed by atoms with van der Waals surface area (Å²) in [6, 6.07) is 0.438. The van der Waals surface area contributed by atoms with Crippen molar-refractivity contribution in [3.8, 4) is 0 Å². The van der Waals surface area contributed by atoms with E-state index in [1.807, 2.05) is 0 Å². The molecule has 0 aromatic heterocycles. The Morgan fingerprint density at radius 2 is 1.93 bits per heavy atom. The van der Waals surface area contributed by atoms with Gasteiger partial charge < -0.3 is 9.84 Å². The molecule has 0 spiro atoms. The van der Waals surface area contributed by atoms with Crippen molar-refractivity contribution in [1.82, 2.24) is 4.90 Å². The zero-order valence-electron chi connectivity index (χ0n) is 9.69. The van der Waals surface area contributed by atoms with E-state index in [1.165, 1.54) is 12.8 Å². The zero-order chi connectivity index (χ0) is 10.7. The molecule has 1 saturated heterocycles. The van der Waals surface area contributed by atoms with Gasteiger partial charge in [0.15, 0.2) is 0 Å². The van der Waals surface area contributed by atoms with Gasteiger partial charge in [-0.3, -0.25) is 4.90 Å². The number of rotatable bonds is 3. The van der Waals surface area contributed by atoms with Crippen LogP contribution in [0.1, 0.15) is 39.0 Å². The second kappa shape index (κ2) is 5.28. The molecule has 2 atom stereocenters. The Hall–Kier alpha value is -0.120. The summed E-state index contributed by atoms with van der Waals surface area (Å²) in [4.78, 5) is 2.47. The third kappa shape index (κ3) is 2.71. The number of aliphatic hydroxyl groups excluding tert-OH is 1. The van der Waals surface area contributed by atoms with Crippen molar-refractivity contribution in [2.45, 2.75) is 57.3 Å².